The number of hydrogen-bond donors (Lipinski definition) is 1. The number of fused-ring (bicyclic) bond motifs is 1. The number of carbonyl (C=O) groups is 2. The van der Waals surface area contributed by atoms with E-state index in [1.807, 2.05) is 81.4 Å². The van der Waals surface area contributed by atoms with Crippen molar-refractivity contribution in [2.24, 2.45) is 0 Å². The summed E-state index contributed by atoms with van der Waals surface area (Å²) < 4.78 is 5.49. The summed E-state index contributed by atoms with van der Waals surface area (Å²) in [6, 6.07) is 20.4. The number of nitrogens with zero attached hydrogens (tertiary/aromatic N) is 3. The van der Waals surface area contributed by atoms with Crippen molar-refractivity contribution in [2.45, 2.75) is 44.9 Å². The van der Waals surface area contributed by atoms with Gasteiger partial charge in [0.1, 0.15) is 29.1 Å². The average Bonchev–Trinajstić information content (AvgIpc) is 3.32. The highest BCUT2D eigenvalue weighted by molar-refractivity contribution is 5.95. The van der Waals surface area contributed by atoms with Crippen LogP contribution in [0, 0.1) is 0 Å². The Morgan fingerprint density at radius 1 is 1.03 bits per heavy atom. The summed E-state index contributed by atoms with van der Waals surface area (Å²) >= 11 is 0. The Hall–Kier alpha value is -4.26. The van der Waals surface area contributed by atoms with Gasteiger partial charge in [0.15, 0.2) is 5.78 Å². The van der Waals surface area contributed by atoms with Crippen molar-refractivity contribution in [3.8, 4) is 11.4 Å². The molecular formula is C30H31N3O4. The second kappa shape index (κ2) is 10.8. The third-order valence-corrected chi connectivity index (χ3v) is 6.24. The van der Waals surface area contributed by atoms with Crippen LogP contribution in [0.1, 0.15) is 49.8 Å². The summed E-state index contributed by atoms with van der Waals surface area (Å²) in [5, 5.41) is 20.1. The number of allylic oxidation sites excluding steroid dienone is 1. The van der Waals surface area contributed by atoms with Crippen molar-refractivity contribution < 1.29 is 19.4 Å². The van der Waals surface area contributed by atoms with Crippen LogP contribution >= 0.6 is 0 Å². The van der Waals surface area contributed by atoms with Crippen molar-refractivity contribution in [3.05, 3.63) is 96.1 Å². The lowest BCUT2D eigenvalue weighted by Gasteiger charge is -2.23. The minimum Gasteiger partial charge on any atom is -0.505 e. The molecule has 0 fully saturated rings. The normalized spacial score (nSPS) is 12.3. The summed E-state index contributed by atoms with van der Waals surface area (Å²) in [6.45, 7) is 9.55. The van der Waals surface area contributed by atoms with Gasteiger partial charge in [-0.15, -0.1) is 15.0 Å². The highest BCUT2D eigenvalue weighted by Gasteiger charge is 2.24. The molecule has 1 unspecified atom stereocenters. The van der Waals surface area contributed by atoms with Crippen LogP contribution < -0.4 is 0 Å². The molecule has 1 heterocycles. The number of hydrogen-bond acceptors (Lipinski definition) is 6. The van der Waals surface area contributed by atoms with Crippen molar-refractivity contribution in [2.75, 3.05) is 6.61 Å². The van der Waals surface area contributed by atoms with E-state index in [2.05, 4.69) is 16.8 Å². The molecule has 7 heteroatoms. The number of aromatic nitrogens is 3. The largest absolute Gasteiger partial charge is 0.505 e. The van der Waals surface area contributed by atoms with E-state index in [1.54, 1.807) is 6.07 Å². The Balaban J connectivity index is 1.53. The molecule has 0 saturated carbocycles. The molecular weight excluding hydrogens is 466 g/mol. The number of esters is 1. The van der Waals surface area contributed by atoms with Crippen LogP contribution in [0.4, 0.5) is 0 Å². The van der Waals surface area contributed by atoms with Crippen LogP contribution in [0.5, 0.6) is 5.75 Å². The zero-order valence-corrected chi connectivity index (χ0v) is 21.3. The number of ketones is 1. The van der Waals surface area contributed by atoms with Gasteiger partial charge in [0.25, 0.3) is 0 Å². The van der Waals surface area contributed by atoms with Crippen LogP contribution in [0.25, 0.3) is 16.7 Å². The van der Waals surface area contributed by atoms with Crippen molar-refractivity contribution in [1.82, 2.24) is 15.0 Å². The molecule has 4 rings (SSSR count). The standard InChI is InChI=1S/C30H31N3O4/c1-5-27(34)22(21-11-7-6-8-12-21)19-37-28(35)16-15-20-17-23(30(2,3)4)29(36)26(18-20)33-31-24-13-9-10-14-25(24)32-33/h5-14,17-18,22,36H,1,15-16,19H2,2-4H3. The van der Waals surface area contributed by atoms with Gasteiger partial charge in [-0.1, -0.05) is 75.9 Å². The van der Waals surface area contributed by atoms with Gasteiger partial charge in [-0.2, -0.15) is 0 Å². The molecule has 0 spiro atoms. The fraction of sp³-hybridized carbons (Fsp3) is 0.267. The summed E-state index contributed by atoms with van der Waals surface area (Å²) in [4.78, 5) is 26.4. The second-order valence-electron chi connectivity index (χ2n) is 9.99. The zero-order valence-electron chi connectivity index (χ0n) is 21.3. The molecule has 0 aliphatic rings. The summed E-state index contributed by atoms with van der Waals surface area (Å²) in [6.07, 6.45) is 1.76. The number of aryl methyl sites for hydroxylation is 1. The van der Waals surface area contributed by atoms with E-state index in [0.29, 0.717) is 12.1 Å². The molecule has 1 atom stereocenters. The first-order valence-corrected chi connectivity index (χ1v) is 12.2. The van der Waals surface area contributed by atoms with Crippen molar-refractivity contribution >= 4 is 22.8 Å². The molecule has 7 nitrogen and oxygen atoms in total. The van der Waals surface area contributed by atoms with Gasteiger partial charge in [0, 0.05) is 12.0 Å². The van der Waals surface area contributed by atoms with Gasteiger partial charge in [-0.05, 0) is 47.2 Å². The molecule has 190 valence electrons. The lowest BCUT2D eigenvalue weighted by Crippen LogP contribution is -2.19. The lowest BCUT2D eigenvalue weighted by atomic mass is 9.84. The zero-order chi connectivity index (χ0) is 26.6. The Labute approximate surface area is 216 Å². The van der Waals surface area contributed by atoms with E-state index in [9.17, 15) is 14.7 Å². The Kier molecular flexibility index (Phi) is 7.53. The van der Waals surface area contributed by atoms with Crippen molar-refractivity contribution in [3.63, 3.8) is 0 Å². The third-order valence-electron chi connectivity index (χ3n) is 6.24. The maximum absolute atomic E-state index is 12.6. The number of aromatic hydroxyl groups is 1. The summed E-state index contributed by atoms with van der Waals surface area (Å²) in [5.41, 5.74) is 3.89. The number of ether oxygens (including phenoxy) is 1. The first-order valence-electron chi connectivity index (χ1n) is 12.2. The minimum atomic E-state index is -0.588. The molecule has 3 aromatic carbocycles. The summed E-state index contributed by atoms with van der Waals surface area (Å²) in [7, 11) is 0. The predicted molar refractivity (Wildman–Crippen MR) is 143 cm³/mol. The maximum atomic E-state index is 12.6. The van der Waals surface area contributed by atoms with E-state index >= 15 is 0 Å². The molecule has 1 aromatic heterocycles. The average molecular weight is 498 g/mol. The molecule has 0 aliphatic heterocycles. The molecule has 0 amide bonds. The topological polar surface area (TPSA) is 94.3 Å². The molecule has 0 aliphatic carbocycles. The first kappa shape index (κ1) is 25.8. The van der Waals surface area contributed by atoms with Crippen LogP contribution in [0.3, 0.4) is 0 Å². The smallest absolute Gasteiger partial charge is 0.306 e. The molecule has 0 bridgehead atoms. The molecule has 4 aromatic rings. The van der Waals surface area contributed by atoms with E-state index in [0.717, 1.165) is 27.7 Å². The lowest BCUT2D eigenvalue weighted by molar-refractivity contribution is -0.144. The monoisotopic (exact) mass is 497 g/mol. The number of phenolic OH excluding ortho intramolecular Hbond substituents is 1. The molecule has 1 N–H and O–H groups in total. The quantitative estimate of drug-likeness (QED) is 0.244. The number of phenols is 1. The number of carbonyl (C=O) groups excluding carboxylic acids is 2. The Bertz CT molecular complexity index is 1400. The number of benzene rings is 3. The first-order chi connectivity index (χ1) is 17.7. The third kappa shape index (κ3) is 5.94. The molecule has 0 radical (unpaired) electrons. The SMILES string of the molecule is C=CC(=O)C(COC(=O)CCc1cc(-n2nc3ccccc3n2)c(O)c(C(C)(C)C)c1)c1ccccc1. The van der Waals surface area contributed by atoms with Crippen LogP contribution in [-0.4, -0.2) is 38.5 Å². The van der Waals surface area contributed by atoms with Gasteiger partial charge >= 0.3 is 5.97 Å². The van der Waals surface area contributed by atoms with Gasteiger partial charge in [0.2, 0.25) is 0 Å². The summed E-state index contributed by atoms with van der Waals surface area (Å²) in [5.74, 6) is -1.09. The second-order valence-corrected chi connectivity index (χ2v) is 9.99. The van der Waals surface area contributed by atoms with Gasteiger partial charge in [-0.3, -0.25) is 9.59 Å². The number of rotatable bonds is 9. The van der Waals surface area contributed by atoms with Crippen LogP contribution in [0.15, 0.2) is 79.4 Å². The highest BCUT2D eigenvalue weighted by Crippen LogP contribution is 2.36. The van der Waals surface area contributed by atoms with E-state index < -0.39 is 11.9 Å². The molecule has 37 heavy (non-hydrogen) atoms. The van der Waals surface area contributed by atoms with Gasteiger partial charge < -0.3 is 9.84 Å². The fourth-order valence-electron chi connectivity index (χ4n) is 4.18. The maximum Gasteiger partial charge on any atom is 0.306 e. The Morgan fingerprint density at radius 2 is 1.65 bits per heavy atom. The highest BCUT2D eigenvalue weighted by atomic mass is 16.5. The van der Waals surface area contributed by atoms with Gasteiger partial charge in [-0.25, -0.2) is 0 Å². The van der Waals surface area contributed by atoms with Gasteiger partial charge in [0.05, 0.1) is 5.92 Å². The predicted octanol–water partition coefficient (Wildman–Crippen LogP) is 5.44. The molecule has 0 saturated heterocycles. The van der Waals surface area contributed by atoms with E-state index in [1.165, 1.54) is 10.9 Å². The van der Waals surface area contributed by atoms with E-state index in [-0.39, 0.29) is 30.0 Å². The fourth-order valence-corrected chi connectivity index (χ4v) is 4.18. The Morgan fingerprint density at radius 3 is 2.24 bits per heavy atom. The minimum absolute atomic E-state index is 0.0500. The van der Waals surface area contributed by atoms with Crippen molar-refractivity contribution in [1.29, 1.82) is 0 Å². The van der Waals surface area contributed by atoms with Crippen LogP contribution in [-0.2, 0) is 26.2 Å². The van der Waals surface area contributed by atoms with Crippen LogP contribution in [0.2, 0.25) is 0 Å². The van der Waals surface area contributed by atoms with E-state index in [4.69, 9.17) is 4.74 Å².